The van der Waals surface area contributed by atoms with Crippen LogP contribution in [0.5, 0.6) is 11.5 Å². The van der Waals surface area contributed by atoms with Gasteiger partial charge in [0, 0.05) is 32.6 Å². The highest BCUT2D eigenvalue weighted by Gasteiger charge is 2.22. The lowest BCUT2D eigenvalue weighted by molar-refractivity contribution is -0.125. The average molecular weight is 537 g/mol. The molecule has 5 rings (SSSR count). The number of aryl methyl sites for hydroxylation is 2. The topological polar surface area (TPSA) is 70.7 Å². The van der Waals surface area contributed by atoms with Crippen molar-refractivity contribution in [1.29, 1.82) is 0 Å². The summed E-state index contributed by atoms with van der Waals surface area (Å²) in [5, 5.41) is 0. The van der Waals surface area contributed by atoms with E-state index in [1.54, 1.807) is 0 Å². The number of anilines is 1. The third-order valence-electron chi connectivity index (χ3n) is 7.13. The number of ether oxygens (including phenoxy) is 2. The second-order valence-electron chi connectivity index (χ2n) is 9.81. The van der Waals surface area contributed by atoms with Gasteiger partial charge in [-0.05, 0) is 79.3 Å². The first-order chi connectivity index (χ1) is 19.6. The summed E-state index contributed by atoms with van der Waals surface area (Å²) in [5.74, 6) is 8.35. The molecule has 0 radical (unpaired) electrons. The van der Waals surface area contributed by atoms with Crippen LogP contribution in [0.2, 0.25) is 0 Å². The molecule has 4 aromatic rings. The van der Waals surface area contributed by atoms with Crippen LogP contribution in [0.4, 0.5) is 5.69 Å². The van der Waals surface area contributed by atoms with E-state index >= 15 is 0 Å². The van der Waals surface area contributed by atoms with Crippen LogP contribution >= 0.6 is 0 Å². The number of amides is 1. The van der Waals surface area contributed by atoms with Crippen molar-refractivity contribution < 1.29 is 14.3 Å². The van der Waals surface area contributed by atoms with Gasteiger partial charge in [0.1, 0.15) is 17.3 Å². The predicted octanol–water partition coefficient (Wildman–Crippen LogP) is 5.62. The Morgan fingerprint density at radius 1 is 0.950 bits per heavy atom. The van der Waals surface area contributed by atoms with E-state index in [0.29, 0.717) is 32.7 Å². The summed E-state index contributed by atoms with van der Waals surface area (Å²) >= 11 is 0. The minimum absolute atomic E-state index is 0.124. The standard InChI is InChI=1S/C33H36N4O3/c1-4-25-22-26(27-13-15-28-29(23-27)35-24(3)34-28)14-16-31(25)40-21-9-8-12-33(38)37-19-17-36(18-20-37)30-10-6-7-11-32(30)39-5-2/h6-7,10-11,13-16,22-23H,4-5,9,17-21H2,1-3H3,(H,34,35). The molecule has 1 aromatic heterocycles. The summed E-state index contributed by atoms with van der Waals surface area (Å²) < 4.78 is 11.8. The molecule has 1 aliphatic heterocycles. The molecular formula is C33H36N4O3. The van der Waals surface area contributed by atoms with Crippen LogP contribution in [0.1, 0.15) is 31.7 Å². The summed E-state index contributed by atoms with van der Waals surface area (Å²) in [6.45, 7) is 9.94. The molecule has 3 aromatic carbocycles. The van der Waals surface area contributed by atoms with Gasteiger partial charge >= 0.3 is 0 Å². The molecular weight excluding hydrogens is 500 g/mol. The van der Waals surface area contributed by atoms with Crippen molar-refractivity contribution in [1.82, 2.24) is 14.9 Å². The number of hydrogen-bond donors (Lipinski definition) is 1. The third kappa shape index (κ3) is 6.23. The Labute approximate surface area is 236 Å². The fourth-order valence-electron chi connectivity index (χ4n) is 5.07. The van der Waals surface area contributed by atoms with E-state index in [1.165, 1.54) is 0 Å². The van der Waals surface area contributed by atoms with E-state index in [1.807, 2.05) is 49.1 Å². The Bertz CT molecular complexity index is 1540. The number of carbonyl (C=O) groups excluding carboxylic acids is 1. The molecule has 1 saturated heterocycles. The summed E-state index contributed by atoms with van der Waals surface area (Å²) in [7, 11) is 0. The van der Waals surface area contributed by atoms with Crippen molar-refractivity contribution in [3.8, 4) is 34.5 Å². The quantitative estimate of drug-likeness (QED) is 0.234. The summed E-state index contributed by atoms with van der Waals surface area (Å²) in [6, 6.07) is 20.6. The minimum Gasteiger partial charge on any atom is -0.492 e. The lowest BCUT2D eigenvalue weighted by Crippen LogP contribution is -2.48. The molecule has 206 valence electrons. The Kier molecular flexibility index (Phi) is 8.56. The lowest BCUT2D eigenvalue weighted by atomic mass is 10.0. The fraction of sp³-hybridized carbons (Fsp3) is 0.333. The number of carbonyl (C=O) groups is 1. The van der Waals surface area contributed by atoms with Crippen molar-refractivity contribution in [2.45, 2.75) is 33.6 Å². The zero-order valence-electron chi connectivity index (χ0n) is 23.5. The first kappa shape index (κ1) is 27.1. The van der Waals surface area contributed by atoms with Crippen LogP contribution in [-0.2, 0) is 11.2 Å². The number of fused-ring (bicyclic) bond motifs is 1. The molecule has 1 aliphatic rings. The smallest absolute Gasteiger partial charge is 0.298 e. The van der Waals surface area contributed by atoms with Gasteiger partial charge in [0.15, 0.2) is 0 Å². The molecule has 7 nitrogen and oxygen atoms in total. The van der Waals surface area contributed by atoms with Gasteiger partial charge < -0.3 is 24.3 Å². The molecule has 0 atom stereocenters. The monoisotopic (exact) mass is 536 g/mol. The number of nitrogens with one attached hydrogen (secondary N) is 1. The number of benzene rings is 3. The lowest BCUT2D eigenvalue weighted by Gasteiger charge is -2.35. The number of para-hydroxylation sites is 2. The minimum atomic E-state index is -0.124. The van der Waals surface area contributed by atoms with Gasteiger partial charge in [-0.2, -0.15) is 0 Å². The first-order valence-electron chi connectivity index (χ1n) is 14.0. The SMILES string of the molecule is CCOc1ccccc1N1CCN(C(=O)C#CCCOc2ccc(-c3ccc4nc(C)[nH]c4c3)cc2CC)CC1. The summed E-state index contributed by atoms with van der Waals surface area (Å²) in [4.78, 5) is 24.5. The van der Waals surface area contributed by atoms with Gasteiger partial charge in [-0.25, -0.2) is 4.98 Å². The normalized spacial score (nSPS) is 13.2. The third-order valence-corrected chi connectivity index (χ3v) is 7.13. The number of aromatic amines is 1. The maximum Gasteiger partial charge on any atom is 0.298 e. The van der Waals surface area contributed by atoms with Crippen molar-refractivity contribution in [3.05, 3.63) is 72.1 Å². The van der Waals surface area contributed by atoms with E-state index in [0.717, 1.165) is 70.2 Å². The van der Waals surface area contributed by atoms with E-state index < -0.39 is 0 Å². The molecule has 0 saturated carbocycles. The van der Waals surface area contributed by atoms with Gasteiger partial charge in [0.25, 0.3) is 5.91 Å². The van der Waals surface area contributed by atoms with Crippen LogP contribution in [0.15, 0.2) is 60.7 Å². The van der Waals surface area contributed by atoms with Crippen LogP contribution in [0.3, 0.4) is 0 Å². The maximum atomic E-state index is 12.7. The van der Waals surface area contributed by atoms with Crippen molar-refractivity contribution in [2.75, 3.05) is 44.3 Å². The van der Waals surface area contributed by atoms with Crippen molar-refractivity contribution in [3.63, 3.8) is 0 Å². The number of piperazine rings is 1. The van der Waals surface area contributed by atoms with E-state index in [2.05, 4.69) is 64.0 Å². The summed E-state index contributed by atoms with van der Waals surface area (Å²) in [6.07, 6.45) is 1.36. The maximum absolute atomic E-state index is 12.7. The Balaban J connectivity index is 1.12. The zero-order chi connectivity index (χ0) is 27.9. The van der Waals surface area contributed by atoms with Crippen LogP contribution in [-0.4, -0.2) is 60.2 Å². The van der Waals surface area contributed by atoms with Gasteiger partial charge in [-0.3, -0.25) is 4.79 Å². The van der Waals surface area contributed by atoms with Gasteiger partial charge in [-0.1, -0.05) is 37.1 Å². The Morgan fingerprint density at radius 3 is 2.52 bits per heavy atom. The van der Waals surface area contributed by atoms with Crippen molar-refractivity contribution >= 4 is 22.6 Å². The van der Waals surface area contributed by atoms with E-state index in [4.69, 9.17) is 9.47 Å². The zero-order valence-corrected chi connectivity index (χ0v) is 23.5. The predicted molar refractivity (Wildman–Crippen MR) is 160 cm³/mol. The molecule has 1 fully saturated rings. The molecule has 40 heavy (non-hydrogen) atoms. The Hall–Kier alpha value is -4.44. The number of aromatic nitrogens is 2. The van der Waals surface area contributed by atoms with Crippen LogP contribution < -0.4 is 14.4 Å². The van der Waals surface area contributed by atoms with Gasteiger partial charge in [0.2, 0.25) is 0 Å². The average Bonchev–Trinajstić information content (AvgIpc) is 3.36. The Morgan fingerprint density at radius 2 is 1.73 bits per heavy atom. The second kappa shape index (κ2) is 12.6. The molecule has 1 N–H and O–H groups in total. The molecule has 0 unspecified atom stereocenters. The number of H-pyrrole nitrogens is 1. The number of imidazole rings is 1. The highest BCUT2D eigenvalue weighted by molar-refractivity contribution is 5.93. The first-order valence-corrected chi connectivity index (χ1v) is 14.0. The number of nitrogens with zero attached hydrogens (tertiary/aromatic N) is 3. The van der Waals surface area contributed by atoms with Crippen LogP contribution in [0, 0.1) is 18.8 Å². The molecule has 0 aliphatic carbocycles. The highest BCUT2D eigenvalue weighted by Crippen LogP contribution is 2.30. The number of rotatable bonds is 8. The molecule has 0 spiro atoms. The number of hydrogen-bond acceptors (Lipinski definition) is 5. The van der Waals surface area contributed by atoms with E-state index in [-0.39, 0.29) is 5.91 Å². The van der Waals surface area contributed by atoms with E-state index in [9.17, 15) is 4.79 Å². The molecule has 0 bridgehead atoms. The molecule has 1 amide bonds. The fourth-order valence-corrected chi connectivity index (χ4v) is 5.07. The summed E-state index contributed by atoms with van der Waals surface area (Å²) in [5.41, 5.74) is 6.52. The second-order valence-corrected chi connectivity index (χ2v) is 9.81. The highest BCUT2D eigenvalue weighted by atomic mass is 16.5. The molecule has 7 heteroatoms. The van der Waals surface area contributed by atoms with Gasteiger partial charge in [-0.15, -0.1) is 0 Å². The van der Waals surface area contributed by atoms with Crippen molar-refractivity contribution in [2.24, 2.45) is 0 Å². The van der Waals surface area contributed by atoms with Crippen LogP contribution in [0.25, 0.3) is 22.2 Å². The molecule has 2 heterocycles. The largest absolute Gasteiger partial charge is 0.492 e. The van der Waals surface area contributed by atoms with Gasteiger partial charge in [0.05, 0.1) is 29.9 Å².